The van der Waals surface area contributed by atoms with Crippen LogP contribution in [0.15, 0.2) is 48.5 Å². The monoisotopic (exact) mass is 395 g/mol. The zero-order valence-corrected chi connectivity index (χ0v) is 16.7. The second kappa shape index (κ2) is 7.59. The predicted molar refractivity (Wildman–Crippen MR) is 109 cm³/mol. The summed E-state index contributed by atoms with van der Waals surface area (Å²) in [6.45, 7) is 5.21. The van der Waals surface area contributed by atoms with Gasteiger partial charge in [-0.05, 0) is 38.0 Å². The van der Waals surface area contributed by atoms with Gasteiger partial charge in [0, 0.05) is 36.8 Å². The third kappa shape index (κ3) is 3.77. The maximum absolute atomic E-state index is 14.2. The Morgan fingerprint density at radius 1 is 1.24 bits per heavy atom. The SMILES string of the molecule is CC(C)NC(=O)[C@@H]1CN(Cc2ccccc2F)C[C@]12Cc1ccccc1C(=O)N2. The summed E-state index contributed by atoms with van der Waals surface area (Å²) in [5, 5.41) is 6.15. The van der Waals surface area contributed by atoms with E-state index in [1.54, 1.807) is 12.1 Å². The Hall–Kier alpha value is -2.73. The van der Waals surface area contributed by atoms with E-state index in [0.717, 1.165) is 5.56 Å². The summed E-state index contributed by atoms with van der Waals surface area (Å²) in [4.78, 5) is 28.0. The maximum atomic E-state index is 14.2. The molecule has 4 rings (SSSR count). The first-order chi connectivity index (χ1) is 13.9. The van der Waals surface area contributed by atoms with Crippen molar-refractivity contribution in [2.45, 2.75) is 38.4 Å². The minimum atomic E-state index is -0.699. The third-order valence-electron chi connectivity index (χ3n) is 5.84. The summed E-state index contributed by atoms with van der Waals surface area (Å²) in [6, 6.07) is 14.2. The van der Waals surface area contributed by atoms with Crippen LogP contribution in [0.2, 0.25) is 0 Å². The van der Waals surface area contributed by atoms with Gasteiger partial charge in [0.05, 0.1) is 11.5 Å². The molecule has 0 bridgehead atoms. The molecule has 2 aromatic carbocycles. The number of halogens is 1. The van der Waals surface area contributed by atoms with Gasteiger partial charge in [0.25, 0.3) is 5.91 Å². The fraction of sp³-hybridized carbons (Fsp3) is 0.391. The molecule has 1 spiro atoms. The average molecular weight is 395 g/mol. The van der Waals surface area contributed by atoms with Gasteiger partial charge < -0.3 is 10.6 Å². The summed E-state index contributed by atoms with van der Waals surface area (Å²) in [6.07, 6.45) is 0.582. The number of nitrogens with one attached hydrogen (secondary N) is 2. The molecule has 1 saturated heterocycles. The highest BCUT2D eigenvalue weighted by Crippen LogP contribution is 2.36. The van der Waals surface area contributed by atoms with Crippen molar-refractivity contribution >= 4 is 11.8 Å². The van der Waals surface area contributed by atoms with E-state index < -0.39 is 11.5 Å². The summed E-state index contributed by atoms with van der Waals surface area (Å²) in [5.41, 5.74) is 1.51. The molecule has 2 atom stereocenters. The zero-order chi connectivity index (χ0) is 20.6. The molecule has 152 valence electrons. The van der Waals surface area contributed by atoms with E-state index in [9.17, 15) is 14.0 Å². The smallest absolute Gasteiger partial charge is 0.252 e. The number of likely N-dealkylation sites (tertiary alicyclic amines) is 1. The van der Waals surface area contributed by atoms with Crippen molar-refractivity contribution in [3.8, 4) is 0 Å². The van der Waals surface area contributed by atoms with Crippen molar-refractivity contribution in [1.29, 1.82) is 0 Å². The van der Waals surface area contributed by atoms with Gasteiger partial charge in [-0.2, -0.15) is 0 Å². The van der Waals surface area contributed by atoms with Crippen molar-refractivity contribution in [2.75, 3.05) is 13.1 Å². The Kier molecular flexibility index (Phi) is 5.13. The molecule has 1 fully saturated rings. The number of carbonyl (C=O) groups is 2. The van der Waals surface area contributed by atoms with Gasteiger partial charge in [0.15, 0.2) is 0 Å². The molecule has 2 aliphatic heterocycles. The molecular formula is C23H26FN3O2. The second-order valence-electron chi connectivity index (χ2n) is 8.42. The van der Waals surface area contributed by atoms with E-state index in [2.05, 4.69) is 15.5 Å². The van der Waals surface area contributed by atoms with E-state index in [-0.39, 0.29) is 23.7 Å². The van der Waals surface area contributed by atoms with Crippen LogP contribution >= 0.6 is 0 Å². The van der Waals surface area contributed by atoms with E-state index in [4.69, 9.17) is 0 Å². The molecule has 2 aromatic rings. The molecule has 0 unspecified atom stereocenters. The number of hydrogen-bond acceptors (Lipinski definition) is 3. The third-order valence-corrected chi connectivity index (χ3v) is 5.84. The van der Waals surface area contributed by atoms with Crippen molar-refractivity contribution in [3.63, 3.8) is 0 Å². The Morgan fingerprint density at radius 3 is 2.72 bits per heavy atom. The number of hydrogen-bond donors (Lipinski definition) is 2. The Balaban J connectivity index is 1.65. The number of amides is 2. The molecule has 0 saturated carbocycles. The fourth-order valence-electron chi connectivity index (χ4n) is 4.59. The van der Waals surface area contributed by atoms with E-state index in [1.807, 2.05) is 44.2 Å². The van der Waals surface area contributed by atoms with Crippen molar-refractivity contribution < 1.29 is 14.0 Å². The predicted octanol–water partition coefficient (Wildman–Crippen LogP) is 2.51. The van der Waals surface area contributed by atoms with Crippen LogP contribution in [-0.2, 0) is 17.8 Å². The number of nitrogens with zero attached hydrogens (tertiary/aromatic N) is 1. The molecule has 5 nitrogen and oxygen atoms in total. The van der Waals surface area contributed by atoms with Crippen LogP contribution in [0.25, 0.3) is 0 Å². The first-order valence-corrected chi connectivity index (χ1v) is 10.0. The lowest BCUT2D eigenvalue weighted by Crippen LogP contribution is -2.62. The molecule has 2 N–H and O–H groups in total. The van der Waals surface area contributed by atoms with Crippen LogP contribution in [0.3, 0.4) is 0 Å². The topological polar surface area (TPSA) is 61.4 Å². The van der Waals surface area contributed by atoms with Crippen molar-refractivity contribution in [2.24, 2.45) is 5.92 Å². The normalized spacial score (nSPS) is 23.9. The maximum Gasteiger partial charge on any atom is 0.252 e. The second-order valence-corrected chi connectivity index (χ2v) is 8.42. The zero-order valence-electron chi connectivity index (χ0n) is 16.7. The summed E-state index contributed by atoms with van der Waals surface area (Å²) in [5.74, 6) is -0.888. The van der Waals surface area contributed by atoms with Crippen LogP contribution in [0, 0.1) is 11.7 Å². The first-order valence-electron chi connectivity index (χ1n) is 10.0. The molecule has 6 heteroatoms. The highest BCUT2D eigenvalue weighted by molar-refractivity contribution is 5.98. The van der Waals surface area contributed by atoms with E-state index in [0.29, 0.717) is 37.2 Å². The number of carbonyl (C=O) groups excluding carboxylic acids is 2. The summed E-state index contributed by atoms with van der Waals surface area (Å²) in [7, 11) is 0. The van der Waals surface area contributed by atoms with Gasteiger partial charge in [-0.25, -0.2) is 4.39 Å². The molecule has 2 amide bonds. The van der Waals surface area contributed by atoms with Crippen LogP contribution < -0.4 is 10.6 Å². The van der Waals surface area contributed by atoms with Crippen molar-refractivity contribution in [1.82, 2.24) is 15.5 Å². The van der Waals surface area contributed by atoms with E-state index in [1.165, 1.54) is 6.07 Å². The highest BCUT2D eigenvalue weighted by Gasteiger charge is 2.53. The molecular weight excluding hydrogens is 369 g/mol. The largest absolute Gasteiger partial charge is 0.354 e. The van der Waals surface area contributed by atoms with Crippen LogP contribution in [0.1, 0.15) is 35.3 Å². The minimum Gasteiger partial charge on any atom is -0.354 e. The summed E-state index contributed by atoms with van der Waals surface area (Å²) >= 11 is 0. The fourth-order valence-corrected chi connectivity index (χ4v) is 4.59. The highest BCUT2D eigenvalue weighted by atomic mass is 19.1. The van der Waals surface area contributed by atoms with Gasteiger partial charge in [0.2, 0.25) is 5.91 Å². The molecule has 0 radical (unpaired) electrons. The lowest BCUT2D eigenvalue weighted by Gasteiger charge is -2.39. The lowest BCUT2D eigenvalue weighted by atomic mass is 9.77. The number of benzene rings is 2. The lowest BCUT2D eigenvalue weighted by molar-refractivity contribution is -0.126. The molecule has 2 heterocycles. The average Bonchev–Trinajstić information content (AvgIpc) is 3.00. The van der Waals surface area contributed by atoms with Crippen LogP contribution in [0.5, 0.6) is 0 Å². The van der Waals surface area contributed by atoms with Gasteiger partial charge in [-0.15, -0.1) is 0 Å². The van der Waals surface area contributed by atoms with Gasteiger partial charge in [0.1, 0.15) is 5.82 Å². The molecule has 29 heavy (non-hydrogen) atoms. The van der Waals surface area contributed by atoms with Gasteiger partial charge in [-0.1, -0.05) is 36.4 Å². The van der Waals surface area contributed by atoms with Crippen molar-refractivity contribution in [3.05, 3.63) is 71.0 Å². The number of fused-ring (bicyclic) bond motifs is 1. The standard InChI is InChI=1S/C23H26FN3O2/c1-15(2)25-22(29)19-13-27(12-17-8-4-6-10-20(17)24)14-23(19)11-16-7-3-5-9-18(16)21(28)26-23/h3-10,15,19H,11-14H2,1-2H3,(H,25,29)(H,26,28)/t19-,23+/m0/s1. The Labute approximate surface area is 170 Å². The van der Waals surface area contributed by atoms with E-state index >= 15 is 0 Å². The molecule has 2 aliphatic rings. The van der Waals surface area contributed by atoms with Gasteiger partial charge >= 0.3 is 0 Å². The number of rotatable bonds is 4. The Morgan fingerprint density at radius 2 is 1.97 bits per heavy atom. The minimum absolute atomic E-state index is 0.00625. The molecule has 0 aromatic heterocycles. The first kappa shape index (κ1) is 19.6. The van der Waals surface area contributed by atoms with Crippen LogP contribution in [0.4, 0.5) is 4.39 Å². The molecule has 0 aliphatic carbocycles. The summed E-state index contributed by atoms with van der Waals surface area (Å²) < 4.78 is 14.2. The quantitative estimate of drug-likeness (QED) is 0.836. The van der Waals surface area contributed by atoms with Crippen LogP contribution in [-0.4, -0.2) is 41.4 Å². The Bertz CT molecular complexity index is 945. The van der Waals surface area contributed by atoms with Gasteiger partial charge in [-0.3, -0.25) is 14.5 Å².